The lowest BCUT2D eigenvalue weighted by molar-refractivity contribution is 0.0781. The van der Waals surface area contributed by atoms with Crippen molar-refractivity contribution in [1.29, 1.82) is 0 Å². The fourth-order valence-corrected chi connectivity index (χ4v) is 2.62. The molecule has 1 unspecified atom stereocenters. The Kier molecular flexibility index (Phi) is 4.02. The van der Waals surface area contributed by atoms with E-state index in [1.165, 1.54) is 6.07 Å². The van der Waals surface area contributed by atoms with E-state index in [1.54, 1.807) is 17.0 Å². The second-order valence-corrected chi connectivity index (χ2v) is 5.55. The van der Waals surface area contributed by atoms with Crippen LogP contribution in [-0.2, 0) is 0 Å². The fraction of sp³-hybridized carbons (Fsp3) is 0.462. The van der Waals surface area contributed by atoms with Crippen molar-refractivity contribution in [3.8, 4) is 0 Å². The minimum atomic E-state index is -0.399. The summed E-state index contributed by atoms with van der Waals surface area (Å²) in [5.74, 6) is -0.505. The van der Waals surface area contributed by atoms with E-state index in [-0.39, 0.29) is 10.4 Å². The first-order chi connectivity index (χ1) is 8.50. The molecule has 1 atom stereocenters. The van der Waals surface area contributed by atoms with E-state index < -0.39 is 5.82 Å². The normalized spacial score (nSPS) is 19.6. The zero-order valence-corrected chi connectivity index (χ0v) is 12.1. The van der Waals surface area contributed by atoms with Crippen LogP contribution in [-0.4, -0.2) is 48.9 Å². The lowest BCUT2D eigenvalue weighted by Gasteiger charge is -2.20. The van der Waals surface area contributed by atoms with Crippen LogP contribution in [0.5, 0.6) is 0 Å². The highest BCUT2D eigenvalue weighted by molar-refractivity contribution is 9.10. The summed E-state index contributed by atoms with van der Waals surface area (Å²) in [6, 6.07) is 4.94. The highest BCUT2D eigenvalue weighted by atomic mass is 79.9. The van der Waals surface area contributed by atoms with Crippen molar-refractivity contribution >= 4 is 21.8 Å². The topological polar surface area (TPSA) is 23.6 Å². The number of likely N-dealkylation sites (tertiary alicyclic amines) is 1. The quantitative estimate of drug-likeness (QED) is 0.836. The minimum Gasteiger partial charge on any atom is -0.337 e. The number of hydrogen-bond acceptors (Lipinski definition) is 2. The van der Waals surface area contributed by atoms with Crippen molar-refractivity contribution in [2.75, 3.05) is 27.2 Å². The molecule has 0 aliphatic carbocycles. The summed E-state index contributed by atoms with van der Waals surface area (Å²) >= 11 is 3.14. The maximum absolute atomic E-state index is 13.4. The molecule has 1 heterocycles. The van der Waals surface area contributed by atoms with Gasteiger partial charge in [0.05, 0.1) is 10.0 Å². The molecule has 0 spiro atoms. The lowest BCUT2D eigenvalue weighted by Crippen LogP contribution is -2.34. The van der Waals surface area contributed by atoms with Gasteiger partial charge < -0.3 is 9.80 Å². The van der Waals surface area contributed by atoms with Crippen LogP contribution in [0.2, 0.25) is 0 Å². The Labute approximate surface area is 115 Å². The molecule has 1 aliphatic heterocycles. The number of rotatable bonds is 2. The monoisotopic (exact) mass is 314 g/mol. The smallest absolute Gasteiger partial charge is 0.255 e. The third-order valence-electron chi connectivity index (χ3n) is 3.36. The van der Waals surface area contributed by atoms with Crippen molar-refractivity contribution in [2.24, 2.45) is 0 Å². The van der Waals surface area contributed by atoms with Crippen LogP contribution < -0.4 is 0 Å². The number of nitrogens with zero attached hydrogens (tertiary/aromatic N) is 2. The van der Waals surface area contributed by atoms with E-state index in [4.69, 9.17) is 0 Å². The van der Waals surface area contributed by atoms with Crippen molar-refractivity contribution in [2.45, 2.75) is 12.5 Å². The molecule has 1 fully saturated rings. The summed E-state index contributed by atoms with van der Waals surface area (Å²) in [5, 5.41) is 0. The second-order valence-electron chi connectivity index (χ2n) is 4.76. The highest BCUT2D eigenvalue weighted by Crippen LogP contribution is 2.24. The standard InChI is InChI=1S/C13H16BrFN2O/c1-16(2)9-6-7-17(8-9)13(18)10-4-3-5-11(15)12(10)14/h3-5,9H,6-8H2,1-2H3. The number of hydrogen-bond donors (Lipinski definition) is 0. The first-order valence-electron chi connectivity index (χ1n) is 5.90. The van der Waals surface area contributed by atoms with E-state index in [1.807, 2.05) is 14.1 Å². The van der Waals surface area contributed by atoms with Crippen LogP contribution in [0.4, 0.5) is 4.39 Å². The number of benzene rings is 1. The van der Waals surface area contributed by atoms with Gasteiger partial charge in [0.2, 0.25) is 0 Å². The van der Waals surface area contributed by atoms with E-state index in [2.05, 4.69) is 20.8 Å². The van der Waals surface area contributed by atoms with Gasteiger partial charge in [0.1, 0.15) is 5.82 Å². The summed E-state index contributed by atoms with van der Waals surface area (Å²) < 4.78 is 13.7. The van der Waals surface area contributed by atoms with Gasteiger partial charge in [0, 0.05) is 19.1 Å². The largest absolute Gasteiger partial charge is 0.337 e. The molecule has 0 N–H and O–H groups in total. The van der Waals surface area contributed by atoms with Crippen LogP contribution in [0.25, 0.3) is 0 Å². The summed E-state index contributed by atoms with van der Waals surface area (Å²) in [5.41, 5.74) is 0.398. The Bertz CT molecular complexity index is 464. The van der Waals surface area contributed by atoms with E-state index in [0.717, 1.165) is 13.0 Å². The molecule has 98 valence electrons. The molecule has 1 aromatic rings. The van der Waals surface area contributed by atoms with Crippen LogP contribution >= 0.6 is 15.9 Å². The molecule has 0 saturated carbocycles. The molecule has 1 aromatic carbocycles. The molecule has 0 radical (unpaired) electrons. The van der Waals surface area contributed by atoms with Crippen LogP contribution in [0.1, 0.15) is 16.8 Å². The Hall–Kier alpha value is -0.940. The number of likely N-dealkylation sites (N-methyl/N-ethyl adjacent to an activating group) is 1. The molecule has 1 aliphatic rings. The van der Waals surface area contributed by atoms with Gasteiger partial charge in [0.25, 0.3) is 5.91 Å². The van der Waals surface area contributed by atoms with Crippen LogP contribution in [0, 0.1) is 5.82 Å². The molecule has 3 nitrogen and oxygen atoms in total. The molecule has 5 heteroatoms. The van der Waals surface area contributed by atoms with E-state index in [0.29, 0.717) is 18.2 Å². The van der Waals surface area contributed by atoms with Gasteiger partial charge in [-0.1, -0.05) is 6.07 Å². The summed E-state index contributed by atoms with van der Waals surface area (Å²) in [6.45, 7) is 1.43. The lowest BCUT2D eigenvalue weighted by atomic mass is 10.2. The van der Waals surface area contributed by atoms with Crippen molar-refractivity contribution in [3.05, 3.63) is 34.1 Å². The zero-order chi connectivity index (χ0) is 13.3. The highest BCUT2D eigenvalue weighted by Gasteiger charge is 2.29. The molecule has 1 amide bonds. The Balaban J connectivity index is 2.16. The third kappa shape index (κ3) is 2.57. The summed E-state index contributed by atoms with van der Waals surface area (Å²) in [6.07, 6.45) is 0.964. The molecule has 0 aromatic heterocycles. The third-order valence-corrected chi connectivity index (χ3v) is 4.17. The molecule has 0 bridgehead atoms. The molecular weight excluding hydrogens is 299 g/mol. The van der Waals surface area contributed by atoms with Gasteiger partial charge in [-0.25, -0.2) is 4.39 Å². The SMILES string of the molecule is CN(C)C1CCN(C(=O)c2cccc(F)c2Br)C1. The number of carbonyl (C=O) groups is 1. The fourth-order valence-electron chi connectivity index (χ4n) is 2.19. The maximum Gasteiger partial charge on any atom is 0.255 e. The predicted molar refractivity (Wildman–Crippen MR) is 72.1 cm³/mol. The van der Waals surface area contributed by atoms with Gasteiger partial charge in [-0.2, -0.15) is 0 Å². The first kappa shape index (κ1) is 13.5. The van der Waals surface area contributed by atoms with E-state index >= 15 is 0 Å². The number of amides is 1. The van der Waals surface area contributed by atoms with Crippen molar-refractivity contribution < 1.29 is 9.18 Å². The zero-order valence-electron chi connectivity index (χ0n) is 10.5. The second kappa shape index (κ2) is 5.36. The number of carbonyl (C=O) groups excluding carboxylic acids is 1. The van der Waals surface area contributed by atoms with Gasteiger partial charge in [0.15, 0.2) is 0 Å². The molecular formula is C13H16BrFN2O. The van der Waals surface area contributed by atoms with Crippen LogP contribution in [0.15, 0.2) is 22.7 Å². The van der Waals surface area contributed by atoms with Gasteiger partial charge >= 0.3 is 0 Å². The Morgan fingerprint density at radius 2 is 2.22 bits per heavy atom. The van der Waals surface area contributed by atoms with Gasteiger partial charge in [-0.15, -0.1) is 0 Å². The van der Waals surface area contributed by atoms with Crippen molar-refractivity contribution in [3.63, 3.8) is 0 Å². The first-order valence-corrected chi connectivity index (χ1v) is 6.69. The molecule has 2 rings (SSSR count). The molecule has 18 heavy (non-hydrogen) atoms. The average Bonchev–Trinajstić information content (AvgIpc) is 2.81. The predicted octanol–water partition coefficient (Wildman–Crippen LogP) is 2.36. The Morgan fingerprint density at radius 1 is 1.50 bits per heavy atom. The molecule has 1 saturated heterocycles. The van der Waals surface area contributed by atoms with Crippen LogP contribution in [0.3, 0.4) is 0 Å². The van der Waals surface area contributed by atoms with Gasteiger partial charge in [-0.3, -0.25) is 4.79 Å². The van der Waals surface area contributed by atoms with Crippen molar-refractivity contribution in [1.82, 2.24) is 9.80 Å². The Morgan fingerprint density at radius 3 is 2.83 bits per heavy atom. The maximum atomic E-state index is 13.4. The summed E-state index contributed by atoms with van der Waals surface area (Å²) in [4.78, 5) is 16.2. The number of halogens is 2. The minimum absolute atomic E-state index is 0.106. The summed E-state index contributed by atoms with van der Waals surface area (Å²) in [7, 11) is 4.02. The average molecular weight is 315 g/mol. The van der Waals surface area contributed by atoms with Gasteiger partial charge in [-0.05, 0) is 48.6 Å². The van der Waals surface area contributed by atoms with E-state index in [9.17, 15) is 9.18 Å².